The molecule has 0 aliphatic carbocycles. The zero-order chi connectivity index (χ0) is 20.7. The lowest BCUT2D eigenvalue weighted by Crippen LogP contribution is -2.47. The van der Waals surface area contributed by atoms with Crippen LogP contribution in [0.3, 0.4) is 0 Å². The highest BCUT2D eigenvalue weighted by Gasteiger charge is 2.38. The SMILES string of the molecule is CCN(Cc1ccccc1)C(=O)C(C)(C)C(=O)Nc1cccc(NC(C)=O)c1. The van der Waals surface area contributed by atoms with Crippen molar-refractivity contribution in [1.29, 1.82) is 0 Å². The van der Waals surface area contributed by atoms with Gasteiger partial charge in [0.05, 0.1) is 0 Å². The molecule has 0 aliphatic rings. The molecule has 0 aromatic heterocycles. The van der Waals surface area contributed by atoms with Gasteiger partial charge in [-0.25, -0.2) is 0 Å². The van der Waals surface area contributed by atoms with Gasteiger partial charge in [0.15, 0.2) is 0 Å². The van der Waals surface area contributed by atoms with Crippen molar-refractivity contribution < 1.29 is 14.4 Å². The van der Waals surface area contributed by atoms with Gasteiger partial charge in [0.1, 0.15) is 5.41 Å². The highest BCUT2D eigenvalue weighted by molar-refractivity contribution is 6.10. The highest BCUT2D eigenvalue weighted by Crippen LogP contribution is 2.24. The Balaban J connectivity index is 2.12. The molecule has 148 valence electrons. The number of nitrogens with one attached hydrogen (secondary N) is 2. The third-order valence-electron chi connectivity index (χ3n) is 4.43. The van der Waals surface area contributed by atoms with E-state index >= 15 is 0 Å². The summed E-state index contributed by atoms with van der Waals surface area (Å²) in [6.45, 7) is 7.50. The molecule has 0 radical (unpaired) electrons. The number of rotatable bonds is 7. The van der Waals surface area contributed by atoms with E-state index in [9.17, 15) is 14.4 Å². The van der Waals surface area contributed by atoms with Crippen LogP contribution in [0.4, 0.5) is 11.4 Å². The van der Waals surface area contributed by atoms with Crippen LogP contribution in [-0.2, 0) is 20.9 Å². The number of carbonyl (C=O) groups is 3. The van der Waals surface area contributed by atoms with Crippen LogP contribution in [-0.4, -0.2) is 29.2 Å². The van der Waals surface area contributed by atoms with Gasteiger partial charge in [-0.05, 0) is 44.5 Å². The Labute approximate surface area is 165 Å². The molecule has 6 nitrogen and oxygen atoms in total. The van der Waals surface area contributed by atoms with Crippen molar-refractivity contribution in [2.24, 2.45) is 5.41 Å². The summed E-state index contributed by atoms with van der Waals surface area (Å²) in [5.41, 5.74) is 0.864. The molecule has 0 unspecified atom stereocenters. The van der Waals surface area contributed by atoms with Gasteiger partial charge in [-0.15, -0.1) is 0 Å². The molecule has 6 heteroatoms. The lowest BCUT2D eigenvalue weighted by atomic mass is 9.89. The summed E-state index contributed by atoms with van der Waals surface area (Å²) in [5.74, 6) is -0.836. The zero-order valence-corrected chi connectivity index (χ0v) is 16.8. The molecule has 0 saturated heterocycles. The van der Waals surface area contributed by atoms with Crippen LogP contribution in [0.5, 0.6) is 0 Å². The van der Waals surface area contributed by atoms with Gasteiger partial charge < -0.3 is 15.5 Å². The first-order chi connectivity index (χ1) is 13.2. The summed E-state index contributed by atoms with van der Waals surface area (Å²) >= 11 is 0. The fourth-order valence-corrected chi connectivity index (χ4v) is 2.79. The summed E-state index contributed by atoms with van der Waals surface area (Å²) < 4.78 is 0. The Bertz CT molecular complexity index is 847. The van der Waals surface area contributed by atoms with Crippen LogP contribution < -0.4 is 10.6 Å². The third-order valence-corrected chi connectivity index (χ3v) is 4.43. The lowest BCUT2D eigenvalue weighted by molar-refractivity contribution is -0.146. The van der Waals surface area contributed by atoms with Gasteiger partial charge in [0.25, 0.3) is 0 Å². The second kappa shape index (κ2) is 9.17. The molecule has 0 atom stereocenters. The minimum Gasteiger partial charge on any atom is -0.338 e. The first kappa shape index (κ1) is 21.2. The average Bonchev–Trinajstić information content (AvgIpc) is 2.66. The summed E-state index contributed by atoms with van der Waals surface area (Å²) in [7, 11) is 0. The van der Waals surface area contributed by atoms with Crippen LogP contribution in [0.15, 0.2) is 54.6 Å². The first-order valence-electron chi connectivity index (χ1n) is 9.26. The van der Waals surface area contributed by atoms with E-state index in [4.69, 9.17) is 0 Å². The second-order valence-electron chi connectivity index (χ2n) is 7.15. The monoisotopic (exact) mass is 381 g/mol. The van der Waals surface area contributed by atoms with Gasteiger partial charge in [-0.3, -0.25) is 14.4 Å². The van der Waals surface area contributed by atoms with Crippen molar-refractivity contribution in [1.82, 2.24) is 4.90 Å². The van der Waals surface area contributed by atoms with E-state index in [1.54, 1.807) is 43.0 Å². The maximum Gasteiger partial charge on any atom is 0.239 e. The number of anilines is 2. The Morgan fingerprint density at radius 1 is 0.929 bits per heavy atom. The molecule has 0 spiro atoms. The van der Waals surface area contributed by atoms with E-state index in [0.29, 0.717) is 24.5 Å². The number of amides is 3. The molecule has 2 aromatic carbocycles. The molecule has 0 saturated carbocycles. The first-order valence-corrected chi connectivity index (χ1v) is 9.26. The molecule has 28 heavy (non-hydrogen) atoms. The van der Waals surface area contributed by atoms with E-state index in [1.165, 1.54) is 6.92 Å². The fourth-order valence-electron chi connectivity index (χ4n) is 2.79. The molecule has 2 aromatic rings. The number of hydrogen-bond acceptors (Lipinski definition) is 3. The summed E-state index contributed by atoms with van der Waals surface area (Å²) in [5, 5.41) is 5.45. The van der Waals surface area contributed by atoms with Gasteiger partial charge in [0.2, 0.25) is 17.7 Å². The Morgan fingerprint density at radius 2 is 1.54 bits per heavy atom. The zero-order valence-electron chi connectivity index (χ0n) is 16.8. The van der Waals surface area contributed by atoms with Gasteiger partial charge >= 0.3 is 0 Å². The predicted octanol–water partition coefficient (Wildman–Crippen LogP) is 3.66. The largest absolute Gasteiger partial charge is 0.338 e. The summed E-state index contributed by atoms with van der Waals surface area (Å²) in [4.78, 5) is 38.8. The average molecular weight is 381 g/mol. The normalized spacial score (nSPS) is 10.9. The third kappa shape index (κ3) is 5.42. The highest BCUT2D eigenvalue weighted by atomic mass is 16.2. The van der Waals surface area contributed by atoms with Crippen LogP contribution in [0.25, 0.3) is 0 Å². The van der Waals surface area contributed by atoms with Gasteiger partial charge in [-0.1, -0.05) is 36.4 Å². The topological polar surface area (TPSA) is 78.5 Å². The standard InChI is InChI=1S/C22H27N3O3/c1-5-25(15-17-10-7-6-8-11-17)21(28)22(3,4)20(27)24-19-13-9-12-18(14-19)23-16(2)26/h6-14H,5,15H2,1-4H3,(H,23,26)(H,24,27). The minimum absolute atomic E-state index is 0.196. The number of hydrogen-bond donors (Lipinski definition) is 2. The summed E-state index contributed by atoms with van der Waals surface area (Å²) in [6, 6.07) is 16.5. The number of carbonyl (C=O) groups excluding carboxylic acids is 3. The molecule has 3 amide bonds. The van der Waals surface area contributed by atoms with Crippen molar-refractivity contribution in [2.75, 3.05) is 17.2 Å². The second-order valence-corrected chi connectivity index (χ2v) is 7.15. The molecular formula is C22H27N3O3. The maximum atomic E-state index is 13.1. The van der Waals surface area contributed by atoms with Crippen molar-refractivity contribution >= 4 is 29.1 Å². The molecule has 0 bridgehead atoms. The van der Waals surface area contributed by atoms with Gasteiger partial charge in [-0.2, -0.15) is 0 Å². The smallest absolute Gasteiger partial charge is 0.239 e. The maximum absolute atomic E-state index is 13.1. The fraction of sp³-hybridized carbons (Fsp3) is 0.318. The van der Waals surface area contributed by atoms with E-state index in [2.05, 4.69) is 10.6 Å². The Kier molecular flexibility index (Phi) is 6.93. The lowest BCUT2D eigenvalue weighted by Gasteiger charge is -2.30. The van der Waals surface area contributed by atoms with Gasteiger partial charge in [0, 0.05) is 31.4 Å². The molecule has 0 fully saturated rings. The van der Waals surface area contributed by atoms with Crippen LogP contribution in [0.1, 0.15) is 33.3 Å². The molecule has 2 rings (SSSR count). The molecule has 0 heterocycles. The molecular weight excluding hydrogens is 354 g/mol. The summed E-state index contributed by atoms with van der Waals surface area (Å²) in [6.07, 6.45) is 0. The predicted molar refractivity (Wildman–Crippen MR) is 111 cm³/mol. The minimum atomic E-state index is -1.24. The van der Waals surface area contributed by atoms with Crippen LogP contribution in [0.2, 0.25) is 0 Å². The Hall–Kier alpha value is -3.15. The van der Waals surface area contributed by atoms with E-state index in [-0.39, 0.29) is 11.8 Å². The van der Waals surface area contributed by atoms with Crippen LogP contribution >= 0.6 is 0 Å². The van der Waals surface area contributed by atoms with Crippen molar-refractivity contribution in [3.63, 3.8) is 0 Å². The molecule has 0 aliphatic heterocycles. The van der Waals surface area contributed by atoms with Crippen molar-refractivity contribution in [3.05, 3.63) is 60.2 Å². The van der Waals surface area contributed by atoms with Crippen molar-refractivity contribution in [2.45, 2.75) is 34.2 Å². The number of benzene rings is 2. The van der Waals surface area contributed by atoms with E-state index < -0.39 is 11.3 Å². The quantitative estimate of drug-likeness (QED) is 0.719. The molecule has 2 N–H and O–H groups in total. The van der Waals surface area contributed by atoms with E-state index in [1.807, 2.05) is 37.3 Å². The van der Waals surface area contributed by atoms with Crippen molar-refractivity contribution in [3.8, 4) is 0 Å². The van der Waals surface area contributed by atoms with Crippen LogP contribution in [0, 0.1) is 5.41 Å². The Morgan fingerprint density at radius 3 is 2.11 bits per heavy atom. The van der Waals surface area contributed by atoms with E-state index in [0.717, 1.165) is 5.56 Å². The number of nitrogens with zero attached hydrogens (tertiary/aromatic N) is 1.